The number of aromatic nitrogens is 2. The maximum absolute atomic E-state index is 12.0. The zero-order chi connectivity index (χ0) is 13.0. The van der Waals surface area contributed by atoms with E-state index in [-0.39, 0.29) is 11.7 Å². The molecular formula is C13H13N3O2. The van der Waals surface area contributed by atoms with Crippen LogP contribution in [0.15, 0.2) is 42.9 Å². The molecule has 0 saturated heterocycles. The summed E-state index contributed by atoms with van der Waals surface area (Å²) < 4.78 is 0. The van der Waals surface area contributed by atoms with E-state index in [1.807, 2.05) is 0 Å². The van der Waals surface area contributed by atoms with Crippen LogP contribution in [-0.2, 0) is 6.54 Å². The van der Waals surface area contributed by atoms with E-state index in [1.54, 1.807) is 36.2 Å². The van der Waals surface area contributed by atoms with Crippen LogP contribution in [0.1, 0.15) is 16.1 Å². The maximum atomic E-state index is 12.0. The first kappa shape index (κ1) is 12.0. The number of phenols is 1. The number of hydrogen-bond donors (Lipinski definition) is 1. The molecule has 92 valence electrons. The normalized spacial score (nSPS) is 10.1. The van der Waals surface area contributed by atoms with Gasteiger partial charge in [-0.15, -0.1) is 0 Å². The van der Waals surface area contributed by atoms with Crippen LogP contribution in [0.2, 0.25) is 0 Å². The molecule has 1 aromatic carbocycles. The molecule has 1 heterocycles. The zero-order valence-electron chi connectivity index (χ0n) is 9.95. The highest BCUT2D eigenvalue weighted by molar-refractivity contribution is 5.91. The first-order valence-electron chi connectivity index (χ1n) is 5.46. The summed E-state index contributed by atoms with van der Waals surface area (Å²) in [5.41, 5.74) is 1.26. The Bertz CT molecular complexity index is 526. The number of carbonyl (C=O) groups excluding carboxylic acids is 1. The standard InChI is InChI=1S/C13H13N3O2/c1-16(9-10-2-4-11(17)5-3-10)13(18)12-8-14-6-7-15-12/h2-8,17H,9H2,1H3. The van der Waals surface area contributed by atoms with Crippen molar-refractivity contribution in [2.24, 2.45) is 0 Å². The smallest absolute Gasteiger partial charge is 0.274 e. The summed E-state index contributed by atoms with van der Waals surface area (Å²) in [7, 11) is 1.70. The summed E-state index contributed by atoms with van der Waals surface area (Å²) in [6, 6.07) is 6.73. The van der Waals surface area contributed by atoms with Gasteiger partial charge in [-0.25, -0.2) is 4.98 Å². The number of hydrogen-bond acceptors (Lipinski definition) is 4. The minimum Gasteiger partial charge on any atom is -0.508 e. The second-order valence-corrected chi connectivity index (χ2v) is 3.92. The van der Waals surface area contributed by atoms with Crippen molar-refractivity contribution in [1.29, 1.82) is 0 Å². The van der Waals surface area contributed by atoms with E-state index >= 15 is 0 Å². The van der Waals surface area contributed by atoms with Gasteiger partial charge in [0.15, 0.2) is 0 Å². The number of phenolic OH excluding ortho intramolecular Hbond substituents is 1. The van der Waals surface area contributed by atoms with Gasteiger partial charge in [-0.2, -0.15) is 0 Å². The Morgan fingerprint density at radius 2 is 2.00 bits per heavy atom. The van der Waals surface area contributed by atoms with Gasteiger partial charge >= 0.3 is 0 Å². The number of amides is 1. The quantitative estimate of drug-likeness (QED) is 0.886. The fourth-order valence-electron chi connectivity index (χ4n) is 1.55. The van der Waals surface area contributed by atoms with Crippen LogP contribution in [0.5, 0.6) is 5.75 Å². The second-order valence-electron chi connectivity index (χ2n) is 3.92. The highest BCUT2D eigenvalue weighted by Gasteiger charge is 2.13. The molecule has 0 aliphatic heterocycles. The van der Waals surface area contributed by atoms with Gasteiger partial charge in [0.25, 0.3) is 5.91 Å². The monoisotopic (exact) mass is 243 g/mol. The summed E-state index contributed by atoms with van der Waals surface area (Å²) in [4.78, 5) is 21.4. The maximum Gasteiger partial charge on any atom is 0.274 e. The minimum atomic E-state index is -0.184. The topological polar surface area (TPSA) is 66.3 Å². The summed E-state index contributed by atoms with van der Waals surface area (Å²) in [6.45, 7) is 0.454. The molecule has 1 N–H and O–H groups in total. The van der Waals surface area contributed by atoms with E-state index in [4.69, 9.17) is 0 Å². The fraction of sp³-hybridized carbons (Fsp3) is 0.154. The first-order valence-corrected chi connectivity index (χ1v) is 5.46. The first-order chi connectivity index (χ1) is 8.66. The van der Waals surface area contributed by atoms with Crippen LogP contribution in [0.3, 0.4) is 0 Å². The molecule has 0 spiro atoms. The molecule has 5 nitrogen and oxygen atoms in total. The summed E-state index contributed by atoms with van der Waals surface area (Å²) in [5.74, 6) is 0.0258. The van der Waals surface area contributed by atoms with Crippen LogP contribution >= 0.6 is 0 Å². The Labute approximate surface area is 105 Å². The predicted molar refractivity (Wildman–Crippen MR) is 65.9 cm³/mol. The third kappa shape index (κ3) is 2.82. The number of rotatable bonds is 3. The average molecular weight is 243 g/mol. The molecule has 5 heteroatoms. The number of carbonyl (C=O) groups is 1. The third-order valence-electron chi connectivity index (χ3n) is 2.49. The van der Waals surface area contributed by atoms with Gasteiger partial charge in [0, 0.05) is 26.0 Å². The van der Waals surface area contributed by atoms with Crippen LogP contribution in [-0.4, -0.2) is 32.9 Å². The van der Waals surface area contributed by atoms with Crippen molar-refractivity contribution in [3.63, 3.8) is 0 Å². The van der Waals surface area contributed by atoms with Gasteiger partial charge < -0.3 is 10.0 Å². The van der Waals surface area contributed by atoms with E-state index < -0.39 is 0 Å². The zero-order valence-corrected chi connectivity index (χ0v) is 9.95. The number of aromatic hydroxyl groups is 1. The lowest BCUT2D eigenvalue weighted by Gasteiger charge is -2.16. The Morgan fingerprint density at radius 1 is 1.28 bits per heavy atom. The lowest BCUT2D eigenvalue weighted by atomic mass is 10.2. The van der Waals surface area contributed by atoms with Gasteiger partial charge in [0.2, 0.25) is 0 Å². The molecule has 0 fully saturated rings. The van der Waals surface area contributed by atoms with Gasteiger partial charge in [-0.3, -0.25) is 9.78 Å². The van der Waals surface area contributed by atoms with Crippen molar-refractivity contribution in [3.8, 4) is 5.75 Å². The molecular weight excluding hydrogens is 230 g/mol. The van der Waals surface area contributed by atoms with E-state index in [1.165, 1.54) is 18.6 Å². The molecule has 1 aromatic heterocycles. The number of benzene rings is 1. The highest BCUT2D eigenvalue weighted by atomic mass is 16.3. The molecule has 18 heavy (non-hydrogen) atoms. The Balaban J connectivity index is 2.06. The van der Waals surface area contributed by atoms with E-state index in [0.29, 0.717) is 12.2 Å². The lowest BCUT2D eigenvalue weighted by Crippen LogP contribution is -2.27. The number of nitrogens with zero attached hydrogens (tertiary/aromatic N) is 3. The molecule has 2 aromatic rings. The predicted octanol–water partition coefficient (Wildman–Crippen LogP) is 1.45. The molecule has 0 saturated carbocycles. The van der Waals surface area contributed by atoms with E-state index in [9.17, 15) is 9.90 Å². The van der Waals surface area contributed by atoms with Crippen LogP contribution in [0, 0.1) is 0 Å². The minimum absolute atomic E-state index is 0.184. The van der Waals surface area contributed by atoms with Crippen molar-refractivity contribution in [1.82, 2.24) is 14.9 Å². The third-order valence-corrected chi connectivity index (χ3v) is 2.49. The molecule has 0 atom stereocenters. The van der Waals surface area contributed by atoms with Gasteiger partial charge in [-0.1, -0.05) is 12.1 Å². The van der Waals surface area contributed by atoms with Crippen molar-refractivity contribution in [2.45, 2.75) is 6.54 Å². The Hall–Kier alpha value is -2.43. The van der Waals surface area contributed by atoms with Crippen molar-refractivity contribution < 1.29 is 9.90 Å². The Kier molecular flexibility index (Phi) is 3.52. The van der Waals surface area contributed by atoms with Crippen LogP contribution < -0.4 is 0 Å². The summed E-state index contributed by atoms with van der Waals surface area (Å²) >= 11 is 0. The van der Waals surface area contributed by atoms with Gasteiger partial charge in [-0.05, 0) is 17.7 Å². The molecule has 1 amide bonds. The molecule has 0 bridgehead atoms. The van der Waals surface area contributed by atoms with Crippen LogP contribution in [0.25, 0.3) is 0 Å². The van der Waals surface area contributed by atoms with Gasteiger partial charge in [0.05, 0.1) is 6.20 Å². The fourth-order valence-corrected chi connectivity index (χ4v) is 1.55. The average Bonchev–Trinajstić information content (AvgIpc) is 2.41. The van der Waals surface area contributed by atoms with Crippen molar-refractivity contribution in [2.75, 3.05) is 7.05 Å². The van der Waals surface area contributed by atoms with E-state index in [2.05, 4.69) is 9.97 Å². The van der Waals surface area contributed by atoms with Gasteiger partial charge in [0.1, 0.15) is 11.4 Å². The molecule has 0 aliphatic carbocycles. The van der Waals surface area contributed by atoms with Crippen molar-refractivity contribution in [3.05, 3.63) is 54.1 Å². The molecule has 2 rings (SSSR count). The molecule has 0 unspecified atom stereocenters. The van der Waals surface area contributed by atoms with Crippen molar-refractivity contribution >= 4 is 5.91 Å². The largest absolute Gasteiger partial charge is 0.508 e. The summed E-state index contributed by atoms with van der Waals surface area (Å²) in [5, 5.41) is 9.18. The Morgan fingerprint density at radius 3 is 2.61 bits per heavy atom. The SMILES string of the molecule is CN(Cc1ccc(O)cc1)C(=O)c1cnccn1. The lowest BCUT2D eigenvalue weighted by molar-refractivity contribution is 0.0779. The van der Waals surface area contributed by atoms with E-state index in [0.717, 1.165) is 5.56 Å². The molecule has 0 radical (unpaired) electrons. The second kappa shape index (κ2) is 5.27. The molecule has 0 aliphatic rings. The summed E-state index contributed by atoms with van der Waals surface area (Å²) in [6.07, 6.45) is 4.45. The van der Waals surface area contributed by atoms with Crippen LogP contribution in [0.4, 0.5) is 0 Å². The highest BCUT2D eigenvalue weighted by Crippen LogP contribution is 2.11.